The molecule has 1 aliphatic rings. The van der Waals surface area contributed by atoms with Crippen LogP contribution in [0.3, 0.4) is 0 Å². The number of imidazole rings is 1. The maximum atomic E-state index is 13.4. The molecule has 1 atom stereocenters. The average Bonchev–Trinajstić information content (AvgIpc) is 3.13. The maximum Gasteiger partial charge on any atom is 0.223 e. The fraction of sp³-hybridized carbons (Fsp3) is 0.375. The van der Waals surface area contributed by atoms with Crippen LogP contribution in [0.2, 0.25) is 0 Å². The average molecular weight is 423 g/mol. The molecule has 0 spiro atoms. The summed E-state index contributed by atoms with van der Waals surface area (Å²) in [5.74, 6) is 1.17. The normalized spacial score (nSPS) is 16.1. The van der Waals surface area contributed by atoms with Crippen LogP contribution in [0.15, 0.2) is 42.6 Å². The Kier molecular flexibility index (Phi) is 7.89. The predicted octanol–water partition coefficient (Wildman–Crippen LogP) is 5.14. The first-order valence-electron chi connectivity index (χ1n) is 10.9. The molecule has 1 aromatic carbocycles. The van der Waals surface area contributed by atoms with Gasteiger partial charge in [-0.05, 0) is 63.6 Å². The van der Waals surface area contributed by atoms with Crippen molar-refractivity contribution in [2.45, 2.75) is 46.6 Å². The highest BCUT2D eigenvalue weighted by molar-refractivity contribution is 5.79. The van der Waals surface area contributed by atoms with Gasteiger partial charge in [0, 0.05) is 30.5 Å². The quantitative estimate of drug-likeness (QED) is 0.596. The van der Waals surface area contributed by atoms with Gasteiger partial charge in [-0.1, -0.05) is 19.9 Å². The summed E-state index contributed by atoms with van der Waals surface area (Å²) in [5.41, 5.74) is 3.24. The second kappa shape index (κ2) is 10.8. The second-order valence-corrected chi connectivity index (χ2v) is 7.17. The van der Waals surface area contributed by atoms with Crippen LogP contribution in [-0.2, 0) is 0 Å². The predicted molar refractivity (Wildman–Crippen MR) is 125 cm³/mol. The Morgan fingerprint density at radius 2 is 1.94 bits per heavy atom. The highest BCUT2D eigenvalue weighted by atomic mass is 19.1. The molecule has 1 unspecified atom stereocenters. The molecule has 1 aliphatic heterocycles. The number of hydrogen-bond donors (Lipinski definition) is 2. The zero-order chi connectivity index (χ0) is 22.2. The van der Waals surface area contributed by atoms with E-state index in [9.17, 15) is 4.39 Å². The Labute approximate surface area is 183 Å². The molecule has 7 heteroatoms. The Bertz CT molecular complexity index is 1000. The molecule has 164 valence electrons. The number of benzene rings is 1. The van der Waals surface area contributed by atoms with E-state index in [0.29, 0.717) is 12.0 Å². The Morgan fingerprint density at radius 3 is 2.61 bits per heavy atom. The van der Waals surface area contributed by atoms with Crippen LogP contribution in [0.25, 0.3) is 28.8 Å². The second-order valence-electron chi connectivity index (χ2n) is 7.17. The Balaban J connectivity index is 0.00000132. The fourth-order valence-corrected chi connectivity index (χ4v) is 3.65. The van der Waals surface area contributed by atoms with E-state index in [0.717, 1.165) is 54.4 Å². The lowest BCUT2D eigenvalue weighted by molar-refractivity contribution is 0.478. The first kappa shape index (κ1) is 22.6. The third kappa shape index (κ3) is 5.35. The van der Waals surface area contributed by atoms with E-state index in [1.165, 1.54) is 12.1 Å². The third-order valence-electron chi connectivity index (χ3n) is 5.03. The number of anilines is 1. The van der Waals surface area contributed by atoms with E-state index in [4.69, 9.17) is 9.97 Å². The van der Waals surface area contributed by atoms with Crippen LogP contribution in [-0.4, -0.2) is 38.7 Å². The minimum atomic E-state index is -0.269. The monoisotopic (exact) mass is 422 g/mol. The van der Waals surface area contributed by atoms with E-state index >= 15 is 0 Å². The van der Waals surface area contributed by atoms with E-state index in [1.54, 1.807) is 18.3 Å². The number of allylic oxidation sites excluding steroid dienone is 1. The van der Waals surface area contributed by atoms with Gasteiger partial charge in [-0.3, -0.25) is 0 Å². The number of rotatable bonds is 5. The summed E-state index contributed by atoms with van der Waals surface area (Å²) in [7, 11) is 0. The van der Waals surface area contributed by atoms with Crippen molar-refractivity contribution in [2.24, 2.45) is 0 Å². The molecule has 4 rings (SSSR count). The summed E-state index contributed by atoms with van der Waals surface area (Å²) in [6.07, 6.45) is 7.92. The van der Waals surface area contributed by atoms with Gasteiger partial charge in [-0.25, -0.2) is 19.3 Å². The van der Waals surface area contributed by atoms with Gasteiger partial charge in [-0.2, -0.15) is 0 Å². The van der Waals surface area contributed by atoms with Crippen molar-refractivity contribution in [2.75, 3.05) is 18.4 Å². The number of nitrogens with zero attached hydrogens (tertiary/aromatic N) is 4. The van der Waals surface area contributed by atoms with Crippen molar-refractivity contribution in [1.82, 2.24) is 24.8 Å². The van der Waals surface area contributed by atoms with Gasteiger partial charge in [0.2, 0.25) is 5.95 Å². The largest absolute Gasteiger partial charge is 0.350 e. The summed E-state index contributed by atoms with van der Waals surface area (Å²) in [6.45, 7) is 9.88. The molecule has 3 heterocycles. The van der Waals surface area contributed by atoms with Gasteiger partial charge >= 0.3 is 0 Å². The molecule has 3 aromatic rings. The van der Waals surface area contributed by atoms with Crippen LogP contribution in [0, 0.1) is 12.7 Å². The number of halogens is 1. The molecule has 1 fully saturated rings. The van der Waals surface area contributed by atoms with E-state index in [2.05, 4.69) is 15.6 Å². The Morgan fingerprint density at radius 1 is 1.16 bits per heavy atom. The summed E-state index contributed by atoms with van der Waals surface area (Å²) in [4.78, 5) is 13.9. The van der Waals surface area contributed by atoms with Crippen molar-refractivity contribution in [1.29, 1.82) is 0 Å². The summed E-state index contributed by atoms with van der Waals surface area (Å²) in [5, 5.41) is 6.83. The first-order chi connectivity index (χ1) is 15.2. The lowest BCUT2D eigenvalue weighted by Gasteiger charge is -2.23. The topological polar surface area (TPSA) is 67.7 Å². The smallest absolute Gasteiger partial charge is 0.223 e. The van der Waals surface area contributed by atoms with Crippen molar-refractivity contribution in [3.05, 3.63) is 54.2 Å². The molecule has 0 aliphatic carbocycles. The molecule has 6 nitrogen and oxygen atoms in total. The van der Waals surface area contributed by atoms with Crippen molar-refractivity contribution in [3.63, 3.8) is 0 Å². The first-order valence-corrected chi connectivity index (χ1v) is 10.9. The molecule has 1 saturated heterocycles. The van der Waals surface area contributed by atoms with Crippen LogP contribution < -0.4 is 10.6 Å². The minimum Gasteiger partial charge on any atom is -0.350 e. The van der Waals surface area contributed by atoms with Crippen LogP contribution >= 0.6 is 0 Å². The molecular weight excluding hydrogens is 391 g/mol. The standard InChI is InChI=1S/C22H25FN6.C2H6/c1-3-13-29-15(2)26-20(16-6-8-17(23)9-7-16)21(29)19-10-12-25-22(28-19)27-18-5-4-11-24-14-18;1-2/h3,6-10,12-13,18,24H,4-5,11,14H2,1-2H3,(H,25,27,28);1-2H3/b13-3-;. The molecule has 0 amide bonds. The highest BCUT2D eigenvalue weighted by Gasteiger charge is 2.20. The van der Waals surface area contributed by atoms with Crippen molar-refractivity contribution >= 4 is 12.1 Å². The van der Waals surface area contributed by atoms with Gasteiger partial charge in [0.25, 0.3) is 0 Å². The summed E-state index contributed by atoms with van der Waals surface area (Å²) < 4.78 is 15.4. The number of nitrogens with one attached hydrogen (secondary N) is 2. The van der Waals surface area contributed by atoms with Crippen molar-refractivity contribution < 1.29 is 4.39 Å². The summed E-state index contributed by atoms with van der Waals surface area (Å²) >= 11 is 0. The number of hydrogen-bond acceptors (Lipinski definition) is 5. The molecule has 2 aromatic heterocycles. The fourth-order valence-electron chi connectivity index (χ4n) is 3.65. The molecule has 31 heavy (non-hydrogen) atoms. The van der Waals surface area contributed by atoms with Crippen LogP contribution in [0.4, 0.5) is 10.3 Å². The lowest BCUT2D eigenvalue weighted by atomic mass is 10.1. The number of piperidine rings is 1. The molecular formula is C24H31FN6. The third-order valence-corrected chi connectivity index (χ3v) is 5.03. The zero-order valence-electron chi connectivity index (χ0n) is 18.7. The van der Waals surface area contributed by atoms with Gasteiger partial charge in [0.15, 0.2) is 0 Å². The minimum absolute atomic E-state index is 0.269. The number of aromatic nitrogens is 4. The van der Waals surface area contributed by atoms with Gasteiger partial charge < -0.3 is 15.2 Å². The van der Waals surface area contributed by atoms with E-state index < -0.39 is 0 Å². The Hall–Kier alpha value is -3.06. The van der Waals surface area contributed by atoms with E-state index in [1.807, 2.05) is 50.6 Å². The maximum absolute atomic E-state index is 13.4. The SMILES string of the molecule is C/C=C\n1c(C)nc(-c2ccc(F)cc2)c1-c1ccnc(NC2CCCNC2)n1.CC. The van der Waals surface area contributed by atoms with Gasteiger partial charge in [0.1, 0.15) is 11.6 Å². The number of aryl methyl sites for hydroxylation is 1. The summed E-state index contributed by atoms with van der Waals surface area (Å²) in [6, 6.07) is 8.59. The lowest BCUT2D eigenvalue weighted by Crippen LogP contribution is -2.38. The van der Waals surface area contributed by atoms with Gasteiger partial charge in [0.05, 0.1) is 17.1 Å². The van der Waals surface area contributed by atoms with Crippen LogP contribution in [0.5, 0.6) is 0 Å². The zero-order valence-corrected chi connectivity index (χ0v) is 18.7. The molecule has 0 radical (unpaired) electrons. The van der Waals surface area contributed by atoms with Crippen LogP contribution in [0.1, 0.15) is 39.4 Å². The molecule has 0 bridgehead atoms. The molecule has 0 saturated carbocycles. The highest BCUT2D eigenvalue weighted by Crippen LogP contribution is 2.32. The van der Waals surface area contributed by atoms with E-state index in [-0.39, 0.29) is 5.82 Å². The molecule has 2 N–H and O–H groups in total. The van der Waals surface area contributed by atoms with Gasteiger partial charge in [-0.15, -0.1) is 0 Å². The van der Waals surface area contributed by atoms with Crippen molar-refractivity contribution in [3.8, 4) is 22.6 Å².